The summed E-state index contributed by atoms with van der Waals surface area (Å²) in [4.78, 5) is 27.1. The van der Waals surface area contributed by atoms with Crippen molar-refractivity contribution >= 4 is 23.2 Å². The van der Waals surface area contributed by atoms with Gasteiger partial charge in [-0.25, -0.2) is 0 Å². The van der Waals surface area contributed by atoms with Crippen molar-refractivity contribution in [3.63, 3.8) is 0 Å². The topological polar surface area (TPSA) is 68.3 Å². The second-order valence-electron chi connectivity index (χ2n) is 6.09. The molecule has 122 valence electrons. The van der Waals surface area contributed by atoms with Crippen LogP contribution in [0.3, 0.4) is 0 Å². The van der Waals surface area contributed by atoms with Gasteiger partial charge >= 0.3 is 0 Å². The fraction of sp³-hybridized carbons (Fsp3) is 0.412. The Morgan fingerprint density at radius 3 is 2.78 bits per heavy atom. The molecule has 0 bridgehead atoms. The number of likely N-dealkylation sites (tertiary alicyclic amines) is 1. The van der Waals surface area contributed by atoms with E-state index in [9.17, 15) is 9.59 Å². The van der Waals surface area contributed by atoms with Crippen molar-refractivity contribution in [2.45, 2.75) is 26.8 Å². The predicted molar refractivity (Wildman–Crippen MR) is 90.5 cm³/mol. The molecular weight excluding hydrogens is 310 g/mol. The number of aryl methyl sites for hydroxylation is 1. The summed E-state index contributed by atoms with van der Waals surface area (Å²) < 4.78 is 2.17. The molecule has 5 nitrogen and oxygen atoms in total. The van der Waals surface area contributed by atoms with Crippen LogP contribution >= 0.6 is 11.3 Å². The number of carbonyl (C=O) groups excluding carboxylic acids is 2. The molecule has 23 heavy (non-hydrogen) atoms. The normalized spacial score (nSPS) is 17.7. The van der Waals surface area contributed by atoms with E-state index in [2.05, 4.69) is 16.0 Å². The molecule has 0 radical (unpaired) electrons. The largest absolute Gasteiger partial charge is 0.369 e. The molecule has 0 aromatic carbocycles. The smallest absolute Gasteiger partial charge is 0.255 e. The lowest BCUT2D eigenvalue weighted by atomic mass is 10.1. The summed E-state index contributed by atoms with van der Waals surface area (Å²) in [7, 11) is 0. The zero-order valence-electron chi connectivity index (χ0n) is 13.4. The van der Waals surface area contributed by atoms with Crippen LogP contribution in [0, 0.1) is 19.8 Å². The van der Waals surface area contributed by atoms with Crippen LogP contribution in [0.25, 0.3) is 0 Å². The zero-order chi connectivity index (χ0) is 16.6. The SMILES string of the molecule is Cc1cc(C(=O)N2CCC(C(N)=O)C2)c(C)n1Cc1cccs1. The van der Waals surface area contributed by atoms with E-state index < -0.39 is 0 Å². The quantitative estimate of drug-likeness (QED) is 0.933. The van der Waals surface area contributed by atoms with Crippen molar-refractivity contribution in [2.75, 3.05) is 13.1 Å². The Morgan fingerprint density at radius 2 is 2.17 bits per heavy atom. The van der Waals surface area contributed by atoms with E-state index in [1.165, 1.54) is 4.88 Å². The van der Waals surface area contributed by atoms with Crippen LogP contribution in [0.4, 0.5) is 0 Å². The Kier molecular flexibility index (Phi) is 4.26. The van der Waals surface area contributed by atoms with Crippen LogP contribution in [0.1, 0.15) is 33.0 Å². The Morgan fingerprint density at radius 1 is 1.39 bits per heavy atom. The molecule has 2 amide bonds. The highest BCUT2D eigenvalue weighted by Gasteiger charge is 2.31. The van der Waals surface area contributed by atoms with Crippen LogP contribution in [0.5, 0.6) is 0 Å². The average molecular weight is 331 g/mol. The maximum Gasteiger partial charge on any atom is 0.255 e. The number of nitrogens with zero attached hydrogens (tertiary/aromatic N) is 2. The van der Waals surface area contributed by atoms with Crippen molar-refractivity contribution in [2.24, 2.45) is 11.7 Å². The summed E-state index contributed by atoms with van der Waals surface area (Å²) in [6.07, 6.45) is 0.662. The second kappa shape index (κ2) is 6.20. The van der Waals surface area contributed by atoms with Gasteiger partial charge in [0, 0.05) is 29.4 Å². The van der Waals surface area contributed by atoms with Gasteiger partial charge in [0.25, 0.3) is 5.91 Å². The van der Waals surface area contributed by atoms with E-state index in [0.29, 0.717) is 19.5 Å². The third kappa shape index (κ3) is 3.03. The minimum absolute atomic E-state index is 0.000667. The van der Waals surface area contributed by atoms with Gasteiger partial charge in [0.05, 0.1) is 18.0 Å². The van der Waals surface area contributed by atoms with Crippen LogP contribution in [-0.2, 0) is 11.3 Å². The van der Waals surface area contributed by atoms with Gasteiger partial charge in [0.2, 0.25) is 5.91 Å². The third-order valence-electron chi connectivity index (χ3n) is 4.58. The van der Waals surface area contributed by atoms with Gasteiger partial charge in [-0.15, -0.1) is 11.3 Å². The average Bonchev–Trinajstić information content (AvgIpc) is 3.23. The van der Waals surface area contributed by atoms with Gasteiger partial charge in [0.1, 0.15) is 0 Å². The number of hydrogen-bond acceptors (Lipinski definition) is 3. The number of amides is 2. The molecule has 6 heteroatoms. The van der Waals surface area contributed by atoms with Crippen molar-refractivity contribution in [3.8, 4) is 0 Å². The van der Waals surface area contributed by atoms with E-state index in [1.54, 1.807) is 16.2 Å². The van der Waals surface area contributed by atoms with Gasteiger partial charge in [-0.05, 0) is 37.8 Å². The minimum atomic E-state index is -0.316. The first kappa shape index (κ1) is 15.8. The molecule has 1 fully saturated rings. The standard InChI is InChI=1S/C17H21N3O2S/c1-11-8-15(12(2)20(11)10-14-4-3-7-23-14)17(22)19-6-5-13(9-19)16(18)21/h3-4,7-8,13H,5-6,9-10H2,1-2H3,(H2,18,21). The minimum Gasteiger partial charge on any atom is -0.369 e. The Balaban J connectivity index is 1.81. The number of carbonyl (C=O) groups is 2. The lowest BCUT2D eigenvalue weighted by molar-refractivity contribution is -0.121. The van der Waals surface area contributed by atoms with Crippen LogP contribution in [-0.4, -0.2) is 34.4 Å². The molecule has 2 aromatic rings. The van der Waals surface area contributed by atoms with Gasteiger partial charge in [-0.3, -0.25) is 9.59 Å². The molecule has 2 N–H and O–H groups in total. The van der Waals surface area contributed by atoms with Crippen molar-refractivity contribution < 1.29 is 9.59 Å². The first-order valence-corrected chi connectivity index (χ1v) is 8.63. The molecule has 3 rings (SSSR count). The Labute approximate surface area is 139 Å². The van der Waals surface area contributed by atoms with Crippen LogP contribution < -0.4 is 5.73 Å². The summed E-state index contributed by atoms with van der Waals surface area (Å²) in [5, 5.41) is 2.06. The molecule has 0 aliphatic carbocycles. The number of nitrogens with two attached hydrogens (primary N) is 1. The summed E-state index contributed by atoms with van der Waals surface area (Å²) in [6, 6.07) is 6.08. The Hall–Kier alpha value is -2.08. The molecular formula is C17H21N3O2S. The molecule has 0 spiro atoms. The van der Waals surface area contributed by atoms with E-state index in [-0.39, 0.29) is 17.7 Å². The highest BCUT2D eigenvalue weighted by Crippen LogP contribution is 2.23. The molecule has 3 heterocycles. The van der Waals surface area contributed by atoms with E-state index in [4.69, 9.17) is 5.73 Å². The summed E-state index contributed by atoms with van der Waals surface area (Å²) in [5.41, 5.74) is 8.13. The number of aromatic nitrogens is 1. The van der Waals surface area contributed by atoms with E-state index >= 15 is 0 Å². The fourth-order valence-corrected chi connectivity index (χ4v) is 3.86. The molecule has 1 unspecified atom stereocenters. The van der Waals surface area contributed by atoms with Gasteiger partial charge in [-0.2, -0.15) is 0 Å². The first-order valence-electron chi connectivity index (χ1n) is 7.75. The number of rotatable bonds is 4. The highest BCUT2D eigenvalue weighted by molar-refractivity contribution is 7.09. The fourth-order valence-electron chi connectivity index (χ4n) is 3.17. The molecule has 2 aromatic heterocycles. The molecule has 1 atom stereocenters. The first-order chi connectivity index (χ1) is 11.0. The maximum atomic E-state index is 12.8. The van der Waals surface area contributed by atoms with Crippen LogP contribution in [0.2, 0.25) is 0 Å². The predicted octanol–water partition coefficient (Wildman–Crippen LogP) is 2.16. The number of hydrogen-bond donors (Lipinski definition) is 1. The molecule has 1 aliphatic rings. The molecule has 1 aliphatic heterocycles. The number of thiophene rings is 1. The van der Waals surface area contributed by atoms with Crippen LogP contribution in [0.15, 0.2) is 23.6 Å². The lowest BCUT2D eigenvalue weighted by Gasteiger charge is -2.16. The van der Waals surface area contributed by atoms with Crippen molar-refractivity contribution in [1.29, 1.82) is 0 Å². The molecule has 0 saturated carbocycles. The zero-order valence-corrected chi connectivity index (χ0v) is 14.2. The maximum absolute atomic E-state index is 12.8. The lowest BCUT2D eigenvalue weighted by Crippen LogP contribution is -2.32. The summed E-state index contributed by atoms with van der Waals surface area (Å²) in [6.45, 7) is 5.82. The Bertz CT molecular complexity index is 733. The van der Waals surface area contributed by atoms with E-state index in [1.807, 2.05) is 26.0 Å². The highest BCUT2D eigenvalue weighted by atomic mass is 32.1. The van der Waals surface area contributed by atoms with Crippen molar-refractivity contribution in [1.82, 2.24) is 9.47 Å². The van der Waals surface area contributed by atoms with Gasteiger partial charge in [0.15, 0.2) is 0 Å². The molecule has 1 saturated heterocycles. The van der Waals surface area contributed by atoms with Gasteiger partial charge < -0.3 is 15.2 Å². The third-order valence-corrected chi connectivity index (χ3v) is 5.44. The number of primary amides is 1. The van der Waals surface area contributed by atoms with Gasteiger partial charge in [-0.1, -0.05) is 6.07 Å². The monoisotopic (exact) mass is 331 g/mol. The second-order valence-corrected chi connectivity index (χ2v) is 7.12. The summed E-state index contributed by atoms with van der Waals surface area (Å²) in [5.74, 6) is -0.531. The van der Waals surface area contributed by atoms with E-state index in [0.717, 1.165) is 23.5 Å². The van der Waals surface area contributed by atoms with Crippen molar-refractivity contribution in [3.05, 3.63) is 45.4 Å². The summed E-state index contributed by atoms with van der Waals surface area (Å²) >= 11 is 1.71.